The summed E-state index contributed by atoms with van der Waals surface area (Å²) >= 11 is 0. The van der Waals surface area contributed by atoms with Gasteiger partial charge in [-0.1, -0.05) is 12.1 Å². The Bertz CT molecular complexity index is 1100. The third kappa shape index (κ3) is 4.01. The third-order valence-electron chi connectivity index (χ3n) is 4.48. The first-order valence-corrected chi connectivity index (χ1v) is 9.00. The number of aryl methyl sites for hydroxylation is 2. The molecule has 0 aliphatic carbocycles. The Morgan fingerprint density at radius 1 is 1.11 bits per heavy atom. The van der Waals surface area contributed by atoms with Gasteiger partial charge in [-0.05, 0) is 55.3 Å². The number of anilines is 1. The summed E-state index contributed by atoms with van der Waals surface area (Å²) in [6, 6.07) is 15.1. The molecule has 1 aromatic carbocycles. The molecule has 0 atom stereocenters. The predicted octanol–water partition coefficient (Wildman–Crippen LogP) is 4.32. The predicted molar refractivity (Wildman–Crippen MR) is 108 cm³/mol. The number of aromatic nitrogens is 3. The molecule has 0 aliphatic heterocycles. The van der Waals surface area contributed by atoms with Crippen molar-refractivity contribution in [3.05, 3.63) is 83.9 Å². The van der Waals surface area contributed by atoms with Crippen LogP contribution in [0.2, 0.25) is 0 Å². The highest BCUT2D eigenvalue weighted by Crippen LogP contribution is 2.23. The molecule has 28 heavy (non-hydrogen) atoms. The van der Waals surface area contributed by atoms with E-state index in [0.717, 1.165) is 17.0 Å². The molecule has 0 unspecified atom stereocenters. The number of nitrogens with zero attached hydrogens (tertiary/aromatic N) is 3. The number of ether oxygens (including phenoxy) is 1. The molecular weight excluding hydrogens is 352 g/mol. The van der Waals surface area contributed by atoms with Crippen LogP contribution in [0.5, 0.6) is 11.6 Å². The van der Waals surface area contributed by atoms with Crippen molar-refractivity contribution in [2.24, 2.45) is 0 Å². The summed E-state index contributed by atoms with van der Waals surface area (Å²) in [6.07, 6.45) is 5.54. The van der Waals surface area contributed by atoms with E-state index in [-0.39, 0.29) is 12.3 Å². The maximum Gasteiger partial charge on any atom is 0.230 e. The molecule has 140 valence electrons. The average molecular weight is 372 g/mol. The Morgan fingerprint density at radius 2 is 2.00 bits per heavy atom. The highest BCUT2D eigenvalue weighted by Gasteiger charge is 2.09. The number of amides is 1. The largest absolute Gasteiger partial charge is 0.439 e. The minimum Gasteiger partial charge on any atom is -0.439 e. The van der Waals surface area contributed by atoms with Gasteiger partial charge in [-0.3, -0.25) is 4.79 Å². The zero-order valence-corrected chi connectivity index (χ0v) is 15.7. The van der Waals surface area contributed by atoms with Gasteiger partial charge in [0.15, 0.2) is 0 Å². The van der Waals surface area contributed by atoms with Crippen molar-refractivity contribution in [2.75, 3.05) is 5.32 Å². The molecule has 3 aromatic heterocycles. The van der Waals surface area contributed by atoms with Gasteiger partial charge in [0.1, 0.15) is 11.4 Å². The topological polar surface area (TPSA) is 68.5 Å². The van der Waals surface area contributed by atoms with E-state index in [4.69, 9.17) is 4.74 Å². The molecule has 1 amide bonds. The molecule has 0 saturated heterocycles. The number of benzene rings is 1. The van der Waals surface area contributed by atoms with E-state index in [2.05, 4.69) is 22.2 Å². The Balaban J connectivity index is 1.38. The molecule has 0 radical (unpaired) electrons. The Morgan fingerprint density at radius 3 is 2.75 bits per heavy atom. The van der Waals surface area contributed by atoms with Gasteiger partial charge in [-0.2, -0.15) is 0 Å². The van der Waals surface area contributed by atoms with Gasteiger partial charge in [-0.15, -0.1) is 0 Å². The number of hydrogen-bond acceptors (Lipinski definition) is 4. The van der Waals surface area contributed by atoms with E-state index in [0.29, 0.717) is 17.3 Å². The number of hydrogen-bond donors (Lipinski definition) is 1. The fraction of sp³-hybridized carbons (Fsp3) is 0.136. The molecular formula is C22H20N4O2. The van der Waals surface area contributed by atoms with Gasteiger partial charge in [0.05, 0.1) is 24.0 Å². The van der Waals surface area contributed by atoms with Crippen LogP contribution in [0.3, 0.4) is 0 Å². The lowest BCUT2D eigenvalue weighted by atomic mass is 10.1. The molecule has 0 bridgehead atoms. The van der Waals surface area contributed by atoms with Crippen molar-refractivity contribution in [1.29, 1.82) is 0 Å². The standard InChI is InChI=1S/C22H20N4O2/c1-15-6-8-19(11-16(15)2)28-22-9-7-17(13-23-22)25-21(27)12-18-14-26-10-4-3-5-20(26)24-18/h3-11,13-14H,12H2,1-2H3,(H,25,27). The van der Waals surface area contributed by atoms with E-state index in [1.54, 1.807) is 18.3 Å². The van der Waals surface area contributed by atoms with Crippen LogP contribution in [0.15, 0.2) is 67.1 Å². The maximum atomic E-state index is 12.3. The van der Waals surface area contributed by atoms with Crippen LogP contribution in [-0.2, 0) is 11.2 Å². The van der Waals surface area contributed by atoms with Crippen LogP contribution in [0.4, 0.5) is 5.69 Å². The molecule has 6 nitrogen and oxygen atoms in total. The lowest BCUT2D eigenvalue weighted by molar-refractivity contribution is -0.115. The highest BCUT2D eigenvalue weighted by molar-refractivity contribution is 5.91. The van der Waals surface area contributed by atoms with Crippen LogP contribution in [0.1, 0.15) is 16.8 Å². The first-order chi connectivity index (χ1) is 13.6. The van der Waals surface area contributed by atoms with Gasteiger partial charge < -0.3 is 14.5 Å². The van der Waals surface area contributed by atoms with Crippen LogP contribution in [0.25, 0.3) is 5.65 Å². The normalized spacial score (nSPS) is 10.8. The van der Waals surface area contributed by atoms with Gasteiger partial charge in [0.25, 0.3) is 0 Å². The molecule has 4 aromatic rings. The lowest BCUT2D eigenvalue weighted by Gasteiger charge is -2.08. The van der Waals surface area contributed by atoms with Crippen LogP contribution < -0.4 is 10.1 Å². The molecule has 0 spiro atoms. The molecule has 3 heterocycles. The molecule has 4 rings (SSSR count). The first-order valence-electron chi connectivity index (χ1n) is 9.00. The summed E-state index contributed by atoms with van der Waals surface area (Å²) in [5.74, 6) is 1.06. The van der Waals surface area contributed by atoms with Crippen molar-refractivity contribution in [2.45, 2.75) is 20.3 Å². The summed E-state index contributed by atoms with van der Waals surface area (Å²) < 4.78 is 7.66. The number of nitrogens with one attached hydrogen (secondary N) is 1. The summed E-state index contributed by atoms with van der Waals surface area (Å²) in [6.45, 7) is 4.10. The minimum absolute atomic E-state index is 0.145. The molecule has 6 heteroatoms. The quantitative estimate of drug-likeness (QED) is 0.566. The van der Waals surface area contributed by atoms with Crippen LogP contribution >= 0.6 is 0 Å². The number of carbonyl (C=O) groups excluding carboxylic acids is 1. The summed E-state index contributed by atoms with van der Waals surface area (Å²) in [5.41, 5.74) is 4.52. The monoisotopic (exact) mass is 372 g/mol. The number of fused-ring (bicyclic) bond motifs is 1. The SMILES string of the molecule is Cc1ccc(Oc2ccc(NC(=O)Cc3cn4ccccc4n3)cn2)cc1C. The molecule has 0 saturated carbocycles. The molecule has 1 N–H and O–H groups in total. The van der Waals surface area contributed by atoms with Crippen molar-refractivity contribution in [1.82, 2.24) is 14.4 Å². The number of pyridine rings is 2. The Labute approximate surface area is 162 Å². The number of rotatable bonds is 5. The van der Waals surface area contributed by atoms with E-state index in [1.165, 1.54) is 5.56 Å². The zero-order valence-electron chi connectivity index (χ0n) is 15.7. The Kier molecular flexibility index (Phi) is 4.76. The van der Waals surface area contributed by atoms with Crippen molar-refractivity contribution >= 4 is 17.2 Å². The second kappa shape index (κ2) is 7.52. The fourth-order valence-corrected chi connectivity index (χ4v) is 2.85. The first kappa shape index (κ1) is 17.7. The fourth-order valence-electron chi connectivity index (χ4n) is 2.85. The molecule has 0 fully saturated rings. The van der Waals surface area contributed by atoms with E-state index in [9.17, 15) is 4.79 Å². The van der Waals surface area contributed by atoms with Crippen molar-refractivity contribution < 1.29 is 9.53 Å². The minimum atomic E-state index is -0.145. The van der Waals surface area contributed by atoms with E-state index >= 15 is 0 Å². The van der Waals surface area contributed by atoms with Crippen LogP contribution in [0, 0.1) is 13.8 Å². The van der Waals surface area contributed by atoms with E-state index in [1.807, 2.05) is 60.1 Å². The zero-order chi connectivity index (χ0) is 19.5. The van der Waals surface area contributed by atoms with Gasteiger partial charge in [-0.25, -0.2) is 9.97 Å². The average Bonchev–Trinajstić information content (AvgIpc) is 3.08. The summed E-state index contributed by atoms with van der Waals surface area (Å²) in [4.78, 5) is 21.0. The van der Waals surface area contributed by atoms with Crippen LogP contribution in [-0.4, -0.2) is 20.3 Å². The van der Waals surface area contributed by atoms with E-state index < -0.39 is 0 Å². The lowest BCUT2D eigenvalue weighted by Crippen LogP contribution is -2.14. The smallest absolute Gasteiger partial charge is 0.230 e. The second-order valence-corrected chi connectivity index (χ2v) is 6.66. The second-order valence-electron chi connectivity index (χ2n) is 6.66. The van der Waals surface area contributed by atoms with Gasteiger partial charge in [0, 0.05) is 18.5 Å². The van der Waals surface area contributed by atoms with Crippen molar-refractivity contribution in [3.8, 4) is 11.6 Å². The summed E-state index contributed by atoms with van der Waals surface area (Å²) in [5, 5.41) is 2.84. The van der Waals surface area contributed by atoms with Crippen molar-refractivity contribution in [3.63, 3.8) is 0 Å². The summed E-state index contributed by atoms with van der Waals surface area (Å²) in [7, 11) is 0. The third-order valence-corrected chi connectivity index (χ3v) is 4.48. The highest BCUT2D eigenvalue weighted by atomic mass is 16.5. The van der Waals surface area contributed by atoms with Gasteiger partial charge in [0.2, 0.25) is 11.8 Å². The molecule has 0 aliphatic rings. The Hall–Kier alpha value is -3.67. The number of carbonyl (C=O) groups is 1. The number of imidazole rings is 1. The van der Waals surface area contributed by atoms with Gasteiger partial charge >= 0.3 is 0 Å². The maximum absolute atomic E-state index is 12.3.